The van der Waals surface area contributed by atoms with Gasteiger partial charge in [-0.25, -0.2) is 4.68 Å². The maximum absolute atomic E-state index is 12.8. The smallest absolute Gasteiger partial charge is 0.276 e. The van der Waals surface area contributed by atoms with Crippen molar-refractivity contribution in [3.8, 4) is 16.5 Å². The Labute approximate surface area is 182 Å². The predicted molar refractivity (Wildman–Crippen MR) is 117 cm³/mol. The summed E-state index contributed by atoms with van der Waals surface area (Å²) in [7, 11) is 0. The zero-order valence-electron chi connectivity index (χ0n) is 17.2. The molecule has 0 spiro atoms. The highest BCUT2D eigenvalue weighted by Crippen LogP contribution is 2.26. The van der Waals surface area contributed by atoms with Crippen LogP contribution in [0.5, 0.6) is 0 Å². The van der Waals surface area contributed by atoms with Gasteiger partial charge in [0.15, 0.2) is 23.1 Å². The van der Waals surface area contributed by atoms with Crippen molar-refractivity contribution in [2.45, 2.75) is 13.8 Å². The number of aromatic nitrogens is 5. The molecule has 0 aromatic carbocycles. The van der Waals surface area contributed by atoms with E-state index in [9.17, 15) is 4.79 Å². The summed E-state index contributed by atoms with van der Waals surface area (Å²) in [6.07, 6.45) is 0. The highest BCUT2D eigenvalue weighted by Gasteiger charge is 2.25. The van der Waals surface area contributed by atoms with Gasteiger partial charge in [-0.2, -0.15) is 5.10 Å². The van der Waals surface area contributed by atoms with Gasteiger partial charge in [-0.3, -0.25) is 4.79 Å². The van der Waals surface area contributed by atoms with Gasteiger partial charge in [-0.15, -0.1) is 21.5 Å². The lowest BCUT2D eigenvalue weighted by Gasteiger charge is -2.34. The molecule has 0 N–H and O–H groups in total. The second kappa shape index (κ2) is 7.95. The standard InChI is InChI=1S/C21H21N7O2S/c1-14-12-15(2)28(24-14)20-6-5-19(22-23-20)26-7-9-27(10-8-26)21(29)16-13-17(30-25-16)18-4-3-11-31-18/h3-6,11-13H,7-10H2,1-2H3. The van der Waals surface area contributed by atoms with Crippen molar-refractivity contribution < 1.29 is 9.32 Å². The summed E-state index contributed by atoms with van der Waals surface area (Å²) in [5.74, 6) is 1.99. The van der Waals surface area contributed by atoms with Crippen LogP contribution in [-0.4, -0.2) is 62.1 Å². The number of thiophene rings is 1. The monoisotopic (exact) mass is 435 g/mol. The number of nitrogens with zero attached hydrogens (tertiary/aromatic N) is 7. The number of aryl methyl sites for hydroxylation is 2. The van der Waals surface area contributed by atoms with Gasteiger partial charge in [0, 0.05) is 37.9 Å². The lowest BCUT2D eigenvalue weighted by atomic mass is 10.2. The Kier molecular flexibility index (Phi) is 4.99. The van der Waals surface area contributed by atoms with Crippen LogP contribution in [0, 0.1) is 13.8 Å². The average Bonchev–Trinajstić information content (AvgIpc) is 3.54. The maximum atomic E-state index is 12.8. The molecule has 5 heterocycles. The molecule has 4 aromatic rings. The van der Waals surface area contributed by atoms with Crippen molar-refractivity contribution in [1.29, 1.82) is 0 Å². The molecule has 0 unspecified atom stereocenters. The first-order valence-electron chi connectivity index (χ1n) is 10.0. The van der Waals surface area contributed by atoms with Crippen molar-refractivity contribution >= 4 is 23.1 Å². The second-order valence-corrected chi connectivity index (χ2v) is 8.37. The third kappa shape index (κ3) is 3.81. The third-order valence-corrected chi connectivity index (χ3v) is 6.13. The normalized spacial score (nSPS) is 14.3. The maximum Gasteiger partial charge on any atom is 0.276 e. The van der Waals surface area contributed by atoms with Gasteiger partial charge >= 0.3 is 0 Å². The highest BCUT2D eigenvalue weighted by atomic mass is 32.1. The van der Waals surface area contributed by atoms with E-state index in [2.05, 4.69) is 25.4 Å². The van der Waals surface area contributed by atoms with Crippen LogP contribution in [0.25, 0.3) is 16.5 Å². The first-order chi connectivity index (χ1) is 15.1. The van der Waals surface area contributed by atoms with Crippen molar-refractivity contribution in [1.82, 2.24) is 30.0 Å². The SMILES string of the molecule is Cc1cc(C)n(-c2ccc(N3CCN(C(=O)c4cc(-c5cccs5)on4)CC3)nn2)n1. The number of carbonyl (C=O) groups is 1. The van der Waals surface area contributed by atoms with Crippen molar-refractivity contribution in [2.24, 2.45) is 0 Å². The summed E-state index contributed by atoms with van der Waals surface area (Å²) in [6.45, 7) is 6.46. The Morgan fingerprint density at radius 1 is 1.03 bits per heavy atom. The van der Waals surface area contributed by atoms with Crippen molar-refractivity contribution in [3.05, 3.63) is 58.9 Å². The van der Waals surface area contributed by atoms with E-state index in [0.717, 1.165) is 22.1 Å². The molecule has 31 heavy (non-hydrogen) atoms. The molecule has 9 nitrogen and oxygen atoms in total. The van der Waals surface area contributed by atoms with Crippen LogP contribution < -0.4 is 4.90 Å². The Morgan fingerprint density at radius 2 is 1.81 bits per heavy atom. The van der Waals surface area contributed by atoms with Crippen LogP contribution in [0.4, 0.5) is 5.82 Å². The first-order valence-corrected chi connectivity index (χ1v) is 10.9. The van der Waals surface area contributed by atoms with E-state index in [1.807, 2.05) is 49.6 Å². The van der Waals surface area contributed by atoms with Crippen LogP contribution in [0.15, 0.2) is 46.3 Å². The van der Waals surface area contributed by atoms with E-state index in [0.29, 0.717) is 43.5 Å². The molecule has 5 rings (SSSR count). The quantitative estimate of drug-likeness (QED) is 0.486. The minimum atomic E-state index is -0.114. The summed E-state index contributed by atoms with van der Waals surface area (Å²) in [5.41, 5.74) is 2.30. The Morgan fingerprint density at radius 3 is 2.45 bits per heavy atom. The molecule has 1 saturated heterocycles. The number of hydrogen-bond donors (Lipinski definition) is 0. The number of piperazine rings is 1. The van der Waals surface area contributed by atoms with Gasteiger partial charge in [0.1, 0.15) is 0 Å². The number of rotatable bonds is 4. The molecular formula is C21H21N7O2S. The van der Waals surface area contributed by atoms with E-state index in [1.165, 1.54) is 0 Å². The summed E-state index contributed by atoms with van der Waals surface area (Å²) < 4.78 is 7.13. The van der Waals surface area contributed by atoms with Crippen molar-refractivity contribution in [3.63, 3.8) is 0 Å². The van der Waals surface area contributed by atoms with E-state index in [-0.39, 0.29) is 5.91 Å². The van der Waals surface area contributed by atoms with Gasteiger partial charge in [-0.05, 0) is 43.5 Å². The number of carbonyl (C=O) groups excluding carboxylic acids is 1. The predicted octanol–water partition coefficient (Wildman–Crippen LogP) is 2.96. The molecule has 158 valence electrons. The summed E-state index contributed by atoms with van der Waals surface area (Å²) in [4.78, 5) is 17.7. The molecule has 0 atom stereocenters. The molecule has 0 aliphatic carbocycles. The fourth-order valence-corrected chi connectivity index (χ4v) is 4.35. The van der Waals surface area contributed by atoms with Crippen LogP contribution in [0.2, 0.25) is 0 Å². The molecule has 1 aliphatic heterocycles. The highest BCUT2D eigenvalue weighted by molar-refractivity contribution is 7.13. The average molecular weight is 436 g/mol. The van der Waals surface area contributed by atoms with Gasteiger partial charge < -0.3 is 14.3 Å². The Hall–Kier alpha value is -3.53. The van der Waals surface area contributed by atoms with Gasteiger partial charge in [0.2, 0.25) is 0 Å². The van der Waals surface area contributed by atoms with E-state index >= 15 is 0 Å². The fraction of sp³-hybridized carbons (Fsp3) is 0.286. The number of hydrogen-bond acceptors (Lipinski definition) is 8. The fourth-order valence-electron chi connectivity index (χ4n) is 3.67. The van der Waals surface area contributed by atoms with Crippen LogP contribution >= 0.6 is 11.3 Å². The minimum absolute atomic E-state index is 0.114. The van der Waals surface area contributed by atoms with Gasteiger partial charge in [0.25, 0.3) is 5.91 Å². The number of amides is 1. The third-order valence-electron chi connectivity index (χ3n) is 5.25. The molecule has 1 fully saturated rings. The summed E-state index contributed by atoms with van der Waals surface area (Å²) >= 11 is 1.55. The van der Waals surface area contributed by atoms with Crippen LogP contribution in [-0.2, 0) is 0 Å². The molecule has 1 aliphatic rings. The van der Waals surface area contributed by atoms with E-state index in [4.69, 9.17) is 4.52 Å². The lowest BCUT2D eigenvalue weighted by Crippen LogP contribution is -2.49. The number of anilines is 1. The molecular weight excluding hydrogens is 414 g/mol. The van der Waals surface area contributed by atoms with Crippen LogP contribution in [0.3, 0.4) is 0 Å². The lowest BCUT2D eigenvalue weighted by molar-refractivity contribution is 0.0736. The largest absolute Gasteiger partial charge is 0.355 e. The molecule has 0 saturated carbocycles. The molecule has 10 heteroatoms. The summed E-state index contributed by atoms with van der Waals surface area (Å²) in [5, 5.41) is 19.1. The molecule has 4 aromatic heterocycles. The van der Waals surface area contributed by atoms with Gasteiger partial charge in [0.05, 0.1) is 10.6 Å². The summed E-state index contributed by atoms with van der Waals surface area (Å²) in [6, 6.07) is 11.5. The second-order valence-electron chi connectivity index (χ2n) is 7.42. The van der Waals surface area contributed by atoms with Crippen LogP contribution in [0.1, 0.15) is 21.9 Å². The molecule has 0 radical (unpaired) electrons. The van der Waals surface area contributed by atoms with Crippen molar-refractivity contribution in [2.75, 3.05) is 31.1 Å². The molecule has 1 amide bonds. The topological polar surface area (TPSA) is 93.2 Å². The first kappa shape index (κ1) is 19.4. The Bertz CT molecular complexity index is 1190. The Balaban J connectivity index is 1.22. The minimum Gasteiger partial charge on any atom is -0.355 e. The van der Waals surface area contributed by atoms with E-state index in [1.54, 1.807) is 27.0 Å². The van der Waals surface area contributed by atoms with Gasteiger partial charge in [-0.1, -0.05) is 11.2 Å². The zero-order chi connectivity index (χ0) is 21.4. The molecule has 0 bridgehead atoms. The zero-order valence-corrected chi connectivity index (χ0v) is 18.0. The van der Waals surface area contributed by atoms with E-state index < -0.39 is 0 Å².